The minimum absolute atomic E-state index is 0.0190. The Balaban J connectivity index is 1.54. The summed E-state index contributed by atoms with van der Waals surface area (Å²) in [5.74, 6) is 0.0426. The number of hydrogen-bond acceptors (Lipinski definition) is 4. The van der Waals surface area contributed by atoms with E-state index in [2.05, 4.69) is 15.3 Å². The second kappa shape index (κ2) is 8.19. The predicted molar refractivity (Wildman–Crippen MR) is 110 cm³/mol. The minimum Gasteiger partial charge on any atom is -0.487 e. The van der Waals surface area contributed by atoms with Gasteiger partial charge in [-0.2, -0.15) is 0 Å². The van der Waals surface area contributed by atoms with Crippen LogP contribution in [0, 0.1) is 11.6 Å². The van der Waals surface area contributed by atoms with Crippen molar-refractivity contribution in [2.45, 2.75) is 6.61 Å². The second-order valence-corrected chi connectivity index (χ2v) is 7.01. The van der Waals surface area contributed by atoms with E-state index in [1.54, 1.807) is 30.3 Å². The maximum atomic E-state index is 13.7. The molecule has 1 aromatic heterocycles. The fraction of sp³-hybridized carbons (Fsp3) is 0.0476. The summed E-state index contributed by atoms with van der Waals surface area (Å²) >= 11 is 12.2. The van der Waals surface area contributed by atoms with Gasteiger partial charge in [0, 0.05) is 17.1 Å². The third-order valence-corrected chi connectivity index (χ3v) is 4.74. The summed E-state index contributed by atoms with van der Waals surface area (Å²) in [5, 5.41) is 4.04. The number of ether oxygens (including phenoxy) is 1. The van der Waals surface area contributed by atoms with Gasteiger partial charge >= 0.3 is 0 Å². The quantitative estimate of drug-likeness (QED) is 0.389. The smallest absolute Gasteiger partial charge is 0.143 e. The predicted octanol–water partition coefficient (Wildman–Crippen LogP) is 6.54. The topological polar surface area (TPSA) is 47.0 Å². The average Bonchev–Trinajstić information content (AvgIpc) is 2.69. The molecule has 4 rings (SSSR count). The van der Waals surface area contributed by atoms with Gasteiger partial charge in [-0.15, -0.1) is 0 Å². The molecule has 0 unspecified atom stereocenters. The number of halogens is 4. The molecule has 0 spiro atoms. The molecule has 0 radical (unpaired) electrons. The van der Waals surface area contributed by atoms with Crippen molar-refractivity contribution in [2.24, 2.45) is 0 Å². The molecule has 1 N–H and O–H groups in total. The van der Waals surface area contributed by atoms with Crippen molar-refractivity contribution in [1.82, 2.24) is 9.97 Å². The number of nitrogens with zero attached hydrogens (tertiary/aromatic N) is 2. The number of nitrogens with one attached hydrogen (secondary N) is 1. The zero-order valence-electron chi connectivity index (χ0n) is 14.8. The number of fused-ring (bicyclic) bond motifs is 1. The van der Waals surface area contributed by atoms with E-state index >= 15 is 0 Å². The molecule has 0 bridgehead atoms. The molecule has 146 valence electrons. The lowest BCUT2D eigenvalue weighted by atomic mass is 10.2. The van der Waals surface area contributed by atoms with Crippen molar-refractivity contribution >= 4 is 45.6 Å². The van der Waals surface area contributed by atoms with Crippen molar-refractivity contribution in [3.05, 3.63) is 88.2 Å². The van der Waals surface area contributed by atoms with Gasteiger partial charge in [0.05, 0.1) is 15.6 Å². The van der Waals surface area contributed by atoms with E-state index in [-0.39, 0.29) is 17.4 Å². The van der Waals surface area contributed by atoms with Crippen LogP contribution in [0.5, 0.6) is 5.75 Å². The number of anilines is 2. The molecule has 0 saturated heterocycles. The van der Waals surface area contributed by atoms with Crippen LogP contribution in [0.25, 0.3) is 10.9 Å². The first kappa shape index (κ1) is 19.4. The number of rotatable bonds is 5. The monoisotopic (exact) mass is 431 g/mol. The van der Waals surface area contributed by atoms with Crippen LogP contribution < -0.4 is 10.1 Å². The highest BCUT2D eigenvalue weighted by Gasteiger charge is 2.10. The lowest BCUT2D eigenvalue weighted by Crippen LogP contribution is -1.99. The van der Waals surface area contributed by atoms with Crippen molar-refractivity contribution < 1.29 is 13.5 Å². The molecule has 4 aromatic rings. The highest BCUT2D eigenvalue weighted by molar-refractivity contribution is 6.32. The van der Waals surface area contributed by atoms with Crippen LogP contribution in [0.3, 0.4) is 0 Å². The van der Waals surface area contributed by atoms with E-state index < -0.39 is 5.82 Å². The highest BCUT2D eigenvalue weighted by Crippen LogP contribution is 2.32. The van der Waals surface area contributed by atoms with Crippen LogP contribution in [0.2, 0.25) is 10.0 Å². The van der Waals surface area contributed by atoms with Gasteiger partial charge < -0.3 is 10.1 Å². The lowest BCUT2D eigenvalue weighted by Gasteiger charge is -2.12. The summed E-state index contributed by atoms with van der Waals surface area (Å²) in [6, 6.07) is 14.0. The van der Waals surface area contributed by atoms with Crippen LogP contribution in [0.15, 0.2) is 60.9 Å². The number of hydrogen-bond donors (Lipinski definition) is 1. The minimum atomic E-state index is -0.549. The summed E-state index contributed by atoms with van der Waals surface area (Å²) in [4.78, 5) is 8.25. The van der Waals surface area contributed by atoms with Crippen molar-refractivity contribution in [1.29, 1.82) is 0 Å². The number of benzene rings is 3. The Morgan fingerprint density at radius 2 is 1.79 bits per heavy atom. The van der Waals surface area contributed by atoms with Gasteiger partial charge in [0.2, 0.25) is 0 Å². The van der Waals surface area contributed by atoms with Crippen LogP contribution in [-0.2, 0) is 6.61 Å². The molecule has 8 heteroatoms. The van der Waals surface area contributed by atoms with Crippen molar-refractivity contribution in [3.63, 3.8) is 0 Å². The first-order chi connectivity index (χ1) is 14.0. The zero-order chi connectivity index (χ0) is 20.4. The molecular weight excluding hydrogens is 419 g/mol. The summed E-state index contributed by atoms with van der Waals surface area (Å²) in [5.41, 5.74) is 1.76. The average molecular weight is 432 g/mol. The highest BCUT2D eigenvalue weighted by atomic mass is 35.5. The van der Waals surface area contributed by atoms with Gasteiger partial charge in [-0.3, -0.25) is 0 Å². The van der Waals surface area contributed by atoms with Crippen LogP contribution in [0.1, 0.15) is 5.56 Å². The standard InChI is InChI=1S/C21H13Cl2F2N3O/c22-16-8-15-19(9-18(16)25)26-11-27-21(15)28-14-4-5-20(17(23)7-14)29-10-12-2-1-3-13(24)6-12/h1-9,11H,10H2,(H,26,27,28). The maximum Gasteiger partial charge on any atom is 0.143 e. The Labute approximate surface area is 175 Å². The van der Waals surface area contributed by atoms with Gasteiger partial charge in [-0.25, -0.2) is 18.7 Å². The Bertz CT molecular complexity index is 1200. The van der Waals surface area contributed by atoms with Gasteiger partial charge in [-0.05, 0) is 42.0 Å². The van der Waals surface area contributed by atoms with E-state index in [9.17, 15) is 8.78 Å². The maximum absolute atomic E-state index is 13.7. The molecule has 0 aliphatic carbocycles. The molecule has 0 aliphatic rings. The summed E-state index contributed by atoms with van der Waals surface area (Å²) < 4.78 is 32.6. The van der Waals surface area contributed by atoms with Gasteiger partial charge in [0.15, 0.2) is 0 Å². The normalized spacial score (nSPS) is 10.9. The molecule has 0 amide bonds. The molecular formula is C21H13Cl2F2N3O. The Morgan fingerprint density at radius 3 is 2.59 bits per heavy atom. The van der Waals surface area contributed by atoms with E-state index in [1.165, 1.54) is 30.6 Å². The first-order valence-electron chi connectivity index (χ1n) is 8.53. The molecule has 0 atom stereocenters. The third kappa shape index (κ3) is 4.39. The fourth-order valence-electron chi connectivity index (χ4n) is 2.77. The van der Waals surface area contributed by atoms with Gasteiger partial charge in [0.1, 0.15) is 36.1 Å². The van der Waals surface area contributed by atoms with Gasteiger partial charge in [-0.1, -0.05) is 35.3 Å². The largest absolute Gasteiger partial charge is 0.487 e. The third-order valence-electron chi connectivity index (χ3n) is 4.16. The first-order valence-corrected chi connectivity index (χ1v) is 9.29. The molecule has 0 aliphatic heterocycles. The summed E-state index contributed by atoms with van der Waals surface area (Å²) in [6.45, 7) is 0.185. The molecule has 29 heavy (non-hydrogen) atoms. The van der Waals surface area contributed by atoms with Gasteiger partial charge in [0.25, 0.3) is 0 Å². The molecule has 4 nitrogen and oxygen atoms in total. The van der Waals surface area contributed by atoms with E-state index in [0.29, 0.717) is 38.7 Å². The molecule has 1 heterocycles. The zero-order valence-corrected chi connectivity index (χ0v) is 16.3. The Kier molecular flexibility index (Phi) is 5.47. The van der Waals surface area contributed by atoms with E-state index in [4.69, 9.17) is 27.9 Å². The molecule has 3 aromatic carbocycles. The fourth-order valence-corrected chi connectivity index (χ4v) is 3.17. The molecule has 0 saturated carbocycles. The van der Waals surface area contributed by atoms with Crippen LogP contribution in [-0.4, -0.2) is 9.97 Å². The van der Waals surface area contributed by atoms with Crippen molar-refractivity contribution in [3.8, 4) is 5.75 Å². The second-order valence-electron chi connectivity index (χ2n) is 6.19. The van der Waals surface area contributed by atoms with E-state index in [1.807, 2.05) is 0 Å². The SMILES string of the molecule is Fc1cccc(COc2ccc(Nc3ncnc4cc(F)c(Cl)cc34)cc2Cl)c1. The number of aromatic nitrogens is 2. The Morgan fingerprint density at radius 1 is 0.931 bits per heavy atom. The molecule has 0 fully saturated rings. The van der Waals surface area contributed by atoms with Crippen LogP contribution >= 0.6 is 23.2 Å². The lowest BCUT2D eigenvalue weighted by molar-refractivity contribution is 0.306. The Hall–Kier alpha value is -2.96. The summed E-state index contributed by atoms with van der Waals surface area (Å²) in [7, 11) is 0. The van der Waals surface area contributed by atoms with Crippen molar-refractivity contribution in [2.75, 3.05) is 5.32 Å². The van der Waals surface area contributed by atoms with Crippen LogP contribution in [0.4, 0.5) is 20.3 Å². The summed E-state index contributed by atoms with van der Waals surface area (Å²) in [6.07, 6.45) is 1.33. The van der Waals surface area contributed by atoms with E-state index in [0.717, 1.165) is 0 Å².